The number of methoxy groups -OCH3 is 1. The molecule has 4 heteroatoms. The zero-order valence-electron chi connectivity index (χ0n) is 15.4. The van der Waals surface area contributed by atoms with Crippen molar-refractivity contribution in [2.75, 3.05) is 26.9 Å². The minimum atomic E-state index is 0.0000120. The molecule has 2 fully saturated rings. The van der Waals surface area contributed by atoms with E-state index in [0.29, 0.717) is 12.1 Å². The highest BCUT2D eigenvalue weighted by atomic mass is 16.5. The Labute approximate surface area is 151 Å². The van der Waals surface area contributed by atoms with E-state index in [1.807, 2.05) is 0 Å². The molecule has 2 unspecified atom stereocenters. The molecule has 2 saturated heterocycles. The molecular formula is C21H31NO3. The monoisotopic (exact) mass is 345 g/mol. The second-order valence-electron chi connectivity index (χ2n) is 7.82. The van der Waals surface area contributed by atoms with Crippen LogP contribution in [0, 0.1) is 0 Å². The number of hydrogen-bond donors (Lipinski definition) is 1. The van der Waals surface area contributed by atoms with Crippen molar-refractivity contribution < 1.29 is 14.2 Å². The fraction of sp³-hybridized carbons (Fsp3) is 0.714. The van der Waals surface area contributed by atoms with Crippen molar-refractivity contribution >= 4 is 0 Å². The lowest BCUT2D eigenvalue weighted by Crippen LogP contribution is -2.60. The molecule has 0 radical (unpaired) electrons. The van der Waals surface area contributed by atoms with E-state index in [-0.39, 0.29) is 5.60 Å². The van der Waals surface area contributed by atoms with Gasteiger partial charge in [-0.05, 0) is 61.8 Å². The van der Waals surface area contributed by atoms with Crippen LogP contribution in [0.1, 0.15) is 49.7 Å². The third kappa shape index (κ3) is 3.71. The standard InChI is InChI=1S/C21H31NO3/c1-23-19-8-7-16-4-2-5-18(14-17(16)15-19)22-20-6-3-11-25-21(20)9-12-24-13-10-21/h7-8,15,18,20,22H,2-6,9-14H2,1H3. The molecule has 2 aliphatic heterocycles. The third-order valence-electron chi connectivity index (χ3n) is 6.32. The van der Waals surface area contributed by atoms with Crippen molar-refractivity contribution in [3.05, 3.63) is 29.3 Å². The van der Waals surface area contributed by atoms with E-state index in [2.05, 4.69) is 23.5 Å². The molecule has 1 aromatic carbocycles. The van der Waals surface area contributed by atoms with E-state index in [1.54, 1.807) is 7.11 Å². The van der Waals surface area contributed by atoms with Crippen molar-refractivity contribution in [1.29, 1.82) is 0 Å². The number of benzene rings is 1. The predicted octanol–water partition coefficient (Wildman–Crippen LogP) is 3.26. The highest BCUT2D eigenvalue weighted by Crippen LogP contribution is 2.35. The molecule has 25 heavy (non-hydrogen) atoms. The van der Waals surface area contributed by atoms with Crippen LogP contribution < -0.4 is 10.1 Å². The van der Waals surface area contributed by atoms with Crippen molar-refractivity contribution in [2.24, 2.45) is 0 Å². The first-order valence-electron chi connectivity index (χ1n) is 9.93. The second kappa shape index (κ2) is 7.65. The van der Waals surface area contributed by atoms with Crippen LogP contribution in [0.2, 0.25) is 0 Å². The maximum Gasteiger partial charge on any atom is 0.119 e. The summed E-state index contributed by atoms with van der Waals surface area (Å²) >= 11 is 0. The summed E-state index contributed by atoms with van der Waals surface area (Å²) in [5.74, 6) is 0.973. The average Bonchev–Trinajstić information content (AvgIpc) is 2.85. The third-order valence-corrected chi connectivity index (χ3v) is 6.32. The van der Waals surface area contributed by atoms with Crippen LogP contribution in [0.15, 0.2) is 18.2 Å². The largest absolute Gasteiger partial charge is 0.497 e. The molecular weight excluding hydrogens is 314 g/mol. The van der Waals surface area contributed by atoms with Gasteiger partial charge in [0.1, 0.15) is 5.75 Å². The van der Waals surface area contributed by atoms with E-state index < -0.39 is 0 Å². The molecule has 138 valence electrons. The summed E-state index contributed by atoms with van der Waals surface area (Å²) in [6, 6.07) is 7.57. The summed E-state index contributed by atoms with van der Waals surface area (Å²) in [7, 11) is 1.75. The molecule has 4 nitrogen and oxygen atoms in total. The average molecular weight is 345 g/mol. The summed E-state index contributed by atoms with van der Waals surface area (Å²) in [5, 5.41) is 4.02. The highest BCUT2D eigenvalue weighted by Gasteiger charge is 2.44. The van der Waals surface area contributed by atoms with E-state index >= 15 is 0 Å². The maximum atomic E-state index is 6.34. The van der Waals surface area contributed by atoms with Gasteiger partial charge in [-0.1, -0.05) is 6.07 Å². The second-order valence-corrected chi connectivity index (χ2v) is 7.82. The van der Waals surface area contributed by atoms with Crippen LogP contribution in [-0.4, -0.2) is 44.6 Å². The smallest absolute Gasteiger partial charge is 0.119 e. The van der Waals surface area contributed by atoms with Crippen molar-refractivity contribution in [1.82, 2.24) is 5.32 Å². The van der Waals surface area contributed by atoms with Gasteiger partial charge in [-0.2, -0.15) is 0 Å². The summed E-state index contributed by atoms with van der Waals surface area (Å²) < 4.78 is 17.4. The molecule has 2 heterocycles. The molecule has 0 amide bonds. The Morgan fingerprint density at radius 1 is 1.08 bits per heavy atom. The Morgan fingerprint density at radius 3 is 2.80 bits per heavy atom. The number of nitrogens with one attached hydrogen (secondary N) is 1. The van der Waals surface area contributed by atoms with Crippen LogP contribution in [0.3, 0.4) is 0 Å². The van der Waals surface area contributed by atoms with Gasteiger partial charge >= 0.3 is 0 Å². The molecule has 2 atom stereocenters. The molecule has 0 bridgehead atoms. The maximum absolute atomic E-state index is 6.34. The lowest BCUT2D eigenvalue weighted by atomic mass is 9.81. The first kappa shape index (κ1) is 17.3. The van der Waals surface area contributed by atoms with Gasteiger partial charge in [-0.15, -0.1) is 0 Å². The molecule has 1 spiro atoms. The Kier molecular flexibility index (Phi) is 5.30. The number of aryl methyl sites for hydroxylation is 1. The van der Waals surface area contributed by atoms with Gasteiger partial charge in [-0.3, -0.25) is 0 Å². The molecule has 3 aliphatic rings. The van der Waals surface area contributed by atoms with Gasteiger partial charge in [0, 0.05) is 44.7 Å². The van der Waals surface area contributed by atoms with Gasteiger partial charge in [0.2, 0.25) is 0 Å². The van der Waals surface area contributed by atoms with Crippen LogP contribution in [0.4, 0.5) is 0 Å². The summed E-state index contributed by atoms with van der Waals surface area (Å²) in [4.78, 5) is 0. The van der Waals surface area contributed by atoms with Crippen LogP contribution in [0.5, 0.6) is 5.75 Å². The van der Waals surface area contributed by atoms with Gasteiger partial charge in [-0.25, -0.2) is 0 Å². The lowest BCUT2D eigenvalue weighted by molar-refractivity contribution is -0.152. The Hall–Kier alpha value is -1.10. The van der Waals surface area contributed by atoms with Crippen molar-refractivity contribution in [3.63, 3.8) is 0 Å². The van der Waals surface area contributed by atoms with Gasteiger partial charge < -0.3 is 19.5 Å². The van der Waals surface area contributed by atoms with E-state index in [9.17, 15) is 0 Å². The van der Waals surface area contributed by atoms with Crippen LogP contribution in [-0.2, 0) is 22.3 Å². The zero-order chi connectivity index (χ0) is 17.1. The summed E-state index contributed by atoms with van der Waals surface area (Å²) in [6.07, 6.45) is 9.20. The first-order valence-corrected chi connectivity index (χ1v) is 9.93. The zero-order valence-corrected chi connectivity index (χ0v) is 15.4. The summed E-state index contributed by atoms with van der Waals surface area (Å²) in [5.41, 5.74) is 2.94. The number of fused-ring (bicyclic) bond motifs is 1. The van der Waals surface area contributed by atoms with Crippen LogP contribution in [0.25, 0.3) is 0 Å². The van der Waals surface area contributed by atoms with Crippen molar-refractivity contribution in [3.8, 4) is 5.75 Å². The van der Waals surface area contributed by atoms with Crippen LogP contribution >= 0.6 is 0 Å². The predicted molar refractivity (Wildman–Crippen MR) is 98.3 cm³/mol. The molecule has 1 N–H and O–H groups in total. The summed E-state index contributed by atoms with van der Waals surface area (Å²) in [6.45, 7) is 2.58. The number of rotatable bonds is 3. The van der Waals surface area contributed by atoms with E-state index in [4.69, 9.17) is 14.2 Å². The normalized spacial score (nSPS) is 29.0. The molecule has 1 aromatic rings. The van der Waals surface area contributed by atoms with E-state index in [1.165, 1.54) is 36.8 Å². The van der Waals surface area contributed by atoms with E-state index in [0.717, 1.165) is 51.3 Å². The Bertz CT molecular complexity index is 574. The lowest BCUT2D eigenvalue weighted by Gasteiger charge is -2.47. The molecule has 1 aliphatic carbocycles. The number of ether oxygens (including phenoxy) is 3. The fourth-order valence-electron chi connectivity index (χ4n) is 4.87. The Morgan fingerprint density at radius 2 is 1.96 bits per heavy atom. The highest BCUT2D eigenvalue weighted by molar-refractivity contribution is 5.37. The van der Waals surface area contributed by atoms with Gasteiger partial charge in [0.25, 0.3) is 0 Å². The minimum Gasteiger partial charge on any atom is -0.497 e. The molecule has 0 saturated carbocycles. The van der Waals surface area contributed by atoms with Gasteiger partial charge in [0.05, 0.1) is 12.7 Å². The van der Waals surface area contributed by atoms with Crippen molar-refractivity contribution in [2.45, 2.75) is 69.1 Å². The molecule has 0 aromatic heterocycles. The van der Waals surface area contributed by atoms with Gasteiger partial charge in [0.15, 0.2) is 0 Å². The first-order chi connectivity index (χ1) is 12.3. The minimum absolute atomic E-state index is 0.0000120. The number of hydrogen-bond acceptors (Lipinski definition) is 4. The topological polar surface area (TPSA) is 39.7 Å². The molecule has 4 rings (SSSR count). The SMILES string of the molecule is COc1ccc2c(c1)CC(NC1CCCOC13CCOCC3)CCC2. The fourth-order valence-corrected chi connectivity index (χ4v) is 4.87. The Balaban J connectivity index is 1.49. The quantitative estimate of drug-likeness (QED) is 0.854.